The van der Waals surface area contributed by atoms with Gasteiger partial charge in [-0.2, -0.15) is 22.6 Å². The fourth-order valence-electron chi connectivity index (χ4n) is 3.90. The van der Waals surface area contributed by atoms with Crippen LogP contribution in [0.4, 0.5) is 23.2 Å². The van der Waals surface area contributed by atoms with Crippen molar-refractivity contribution in [1.82, 2.24) is 18.9 Å². The third-order valence-electron chi connectivity index (χ3n) is 5.81. The molecule has 0 saturated carbocycles. The first-order chi connectivity index (χ1) is 18.0. The number of nitrogens with one attached hydrogen (secondary N) is 1. The van der Waals surface area contributed by atoms with Crippen molar-refractivity contribution in [2.24, 2.45) is 0 Å². The van der Waals surface area contributed by atoms with Gasteiger partial charge in [-0.05, 0) is 54.6 Å². The molecule has 1 N–H and O–H groups in total. The number of aromatic nitrogens is 3. The molecule has 2 aromatic heterocycles. The van der Waals surface area contributed by atoms with Crippen LogP contribution in [-0.2, 0) is 20.9 Å². The molecule has 1 fully saturated rings. The minimum atomic E-state index is -4.82. The lowest BCUT2D eigenvalue weighted by molar-refractivity contribution is -0.142. The van der Waals surface area contributed by atoms with Crippen LogP contribution in [-0.4, -0.2) is 59.5 Å². The van der Waals surface area contributed by atoms with Gasteiger partial charge in [0.15, 0.2) is 17.0 Å². The summed E-state index contributed by atoms with van der Waals surface area (Å²) in [5.41, 5.74) is -1.37. The van der Waals surface area contributed by atoms with Crippen molar-refractivity contribution in [1.29, 1.82) is 0 Å². The van der Waals surface area contributed by atoms with Crippen molar-refractivity contribution in [3.05, 3.63) is 77.9 Å². The number of nitrogens with zero attached hydrogens (tertiary/aromatic N) is 4. The van der Waals surface area contributed by atoms with Gasteiger partial charge in [-0.1, -0.05) is 0 Å². The van der Waals surface area contributed by atoms with E-state index in [0.29, 0.717) is 17.7 Å². The number of ether oxygens (including phenoxy) is 1. The molecule has 2 aromatic carbocycles. The minimum Gasteiger partial charge on any atom is -0.379 e. The predicted octanol–water partition coefficient (Wildman–Crippen LogP) is 3.83. The van der Waals surface area contributed by atoms with E-state index in [2.05, 4.69) is 15.4 Å². The van der Waals surface area contributed by atoms with Gasteiger partial charge < -0.3 is 10.1 Å². The molecule has 14 heteroatoms. The highest BCUT2D eigenvalue weighted by molar-refractivity contribution is 7.89. The molecule has 38 heavy (non-hydrogen) atoms. The van der Waals surface area contributed by atoms with E-state index in [4.69, 9.17) is 4.74 Å². The Morgan fingerprint density at radius 2 is 1.63 bits per heavy atom. The Hall–Kier alpha value is -3.88. The molecule has 4 aromatic rings. The highest BCUT2D eigenvalue weighted by Crippen LogP contribution is 2.32. The van der Waals surface area contributed by atoms with E-state index < -0.39 is 33.6 Å². The highest BCUT2D eigenvalue weighted by atomic mass is 32.2. The lowest BCUT2D eigenvalue weighted by Gasteiger charge is -2.26. The summed E-state index contributed by atoms with van der Waals surface area (Å²) in [5.74, 6) is -1.38. The number of benzene rings is 2. The van der Waals surface area contributed by atoms with Crippen LogP contribution >= 0.6 is 0 Å². The van der Waals surface area contributed by atoms with E-state index in [-0.39, 0.29) is 46.3 Å². The van der Waals surface area contributed by atoms with E-state index in [0.717, 1.165) is 24.3 Å². The zero-order chi connectivity index (χ0) is 27.1. The van der Waals surface area contributed by atoms with Crippen molar-refractivity contribution >= 4 is 27.3 Å². The molecule has 1 aliphatic heterocycles. The van der Waals surface area contributed by atoms with Crippen LogP contribution in [0.1, 0.15) is 16.2 Å². The number of halogens is 4. The fourth-order valence-corrected chi connectivity index (χ4v) is 5.31. The zero-order valence-corrected chi connectivity index (χ0v) is 20.3. The Bertz CT molecular complexity index is 1600. The van der Waals surface area contributed by atoms with Crippen molar-refractivity contribution in [3.8, 4) is 11.3 Å². The summed E-state index contributed by atoms with van der Waals surface area (Å²) >= 11 is 0. The lowest BCUT2D eigenvalue weighted by atomic mass is 10.1. The minimum absolute atomic E-state index is 0.0254. The number of rotatable bonds is 5. The number of anilines is 1. The van der Waals surface area contributed by atoms with Crippen LogP contribution in [0, 0.1) is 5.82 Å². The van der Waals surface area contributed by atoms with E-state index in [1.807, 2.05) is 0 Å². The number of hydrogen-bond donors (Lipinski definition) is 1. The van der Waals surface area contributed by atoms with Crippen LogP contribution in [0.3, 0.4) is 0 Å². The van der Waals surface area contributed by atoms with Gasteiger partial charge in [0.25, 0.3) is 5.91 Å². The first-order valence-electron chi connectivity index (χ1n) is 11.3. The van der Waals surface area contributed by atoms with Crippen molar-refractivity contribution in [2.45, 2.75) is 11.1 Å². The van der Waals surface area contributed by atoms with E-state index in [1.165, 1.54) is 40.7 Å². The standard InChI is InChI=1S/C24H19F4N5O4S/c25-16-3-1-15(2-4-16)19-13-21(24(26,27)28)33-22(30-19)14-20(31-33)23(34)29-17-5-7-18(8-6-17)38(35,36)32-9-11-37-12-10-32/h1-8,13-14H,9-12H2,(H,29,34). The number of amides is 1. The SMILES string of the molecule is O=C(Nc1ccc(S(=O)(=O)N2CCOCC2)cc1)c1cc2nc(-c3ccc(F)cc3)cc(C(F)(F)F)n2n1. The number of sulfonamides is 1. The first-order valence-corrected chi connectivity index (χ1v) is 12.7. The lowest BCUT2D eigenvalue weighted by Crippen LogP contribution is -2.40. The van der Waals surface area contributed by atoms with Gasteiger partial charge >= 0.3 is 6.18 Å². The maximum Gasteiger partial charge on any atom is 0.433 e. The van der Waals surface area contributed by atoms with Gasteiger partial charge in [0.05, 0.1) is 23.8 Å². The van der Waals surface area contributed by atoms with Crippen LogP contribution < -0.4 is 5.32 Å². The van der Waals surface area contributed by atoms with Gasteiger partial charge in [0.2, 0.25) is 10.0 Å². The third kappa shape index (κ3) is 5.10. The molecule has 3 heterocycles. The molecule has 5 rings (SSSR count). The van der Waals surface area contributed by atoms with Gasteiger partial charge in [0.1, 0.15) is 5.82 Å². The topological polar surface area (TPSA) is 106 Å². The molecular formula is C24H19F4N5O4S. The molecule has 198 valence electrons. The molecule has 0 aliphatic carbocycles. The molecule has 0 spiro atoms. The third-order valence-corrected chi connectivity index (χ3v) is 7.72. The van der Waals surface area contributed by atoms with E-state index in [1.54, 1.807) is 0 Å². The summed E-state index contributed by atoms with van der Waals surface area (Å²) < 4.78 is 87.1. The largest absolute Gasteiger partial charge is 0.433 e. The normalized spacial score (nSPS) is 15.1. The van der Waals surface area contributed by atoms with Gasteiger partial charge in [0, 0.05) is 30.4 Å². The number of hydrogen-bond acceptors (Lipinski definition) is 6. The molecule has 1 aliphatic rings. The van der Waals surface area contributed by atoms with Crippen molar-refractivity contribution in [2.75, 3.05) is 31.6 Å². The van der Waals surface area contributed by atoms with Gasteiger partial charge in [-0.25, -0.2) is 22.3 Å². The molecule has 0 bridgehead atoms. The smallest absolute Gasteiger partial charge is 0.379 e. The average Bonchev–Trinajstić information content (AvgIpc) is 3.33. The monoisotopic (exact) mass is 549 g/mol. The second-order valence-corrected chi connectivity index (χ2v) is 10.3. The predicted molar refractivity (Wildman–Crippen MR) is 127 cm³/mol. The van der Waals surface area contributed by atoms with E-state index in [9.17, 15) is 30.8 Å². The molecule has 1 saturated heterocycles. The summed E-state index contributed by atoms with van der Waals surface area (Å²) in [7, 11) is -3.74. The Kier molecular flexibility index (Phi) is 6.63. The molecule has 1 amide bonds. The number of fused-ring (bicyclic) bond motifs is 1. The maximum atomic E-state index is 13.8. The second-order valence-electron chi connectivity index (χ2n) is 8.33. The summed E-state index contributed by atoms with van der Waals surface area (Å²) in [6.45, 7) is 1.04. The summed E-state index contributed by atoms with van der Waals surface area (Å²) in [6, 6.07) is 12.0. The Labute approximate surface area is 213 Å². The molecule has 0 atom stereocenters. The number of carbonyl (C=O) groups excluding carboxylic acids is 1. The Balaban J connectivity index is 1.41. The average molecular weight is 550 g/mol. The number of morpholine rings is 1. The maximum absolute atomic E-state index is 13.8. The Morgan fingerprint density at radius 1 is 0.974 bits per heavy atom. The highest BCUT2D eigenvalue weighted by Gasteiger charge is 2.36. The molecule has 0 radical (unpaired) electrons. The van der Waals surface area contributed by atoms with Gasteiger partial charge in [-0.3, -0.25) is 4.79 Å². The van der Waals surface area contributed by atoms with Crippen LogP contribution in [0.25, 0.3) is 16.9 Å². The van der Waals surface area contributed by atoms with Gasteiger partial charge in [-0.15, -0.1) is 0 Å². The molecule has 0 unspecified atom stereocenters. The fraction of sp³-hybridized carbons (Fsp3) is 0.208. The summed E-state index contributed by atoms with van der Waals surface area (Å²) in [6.07, 6.45) is -4.82. The van der Waals surface area contributed by atoms with E-state index >= 15 is 0 Å². The van der Waals surface area contributed by atoms with Crippen molar-refractivity contribution in [3.63, 3.8) is 0 Å². The first kappa shape index (κ1) is 25.8. The van der Waals surface area contributed by atoms with Crippen molar-refractivity contribution < 1.29 is 35.5 Å². The van der Waals surface area contributed by atoms with Crippen LogP contribution in [0.5, 0.6) is 0 Å². The van der Waals surface area contributed by atoms with Crippen LogP contribution in [0.2, 0.25) is 0 Å². The second kappa shape index (κ2) is 9.78. The summed E-state index contributed by atoms with van der Waals surface area (Å²) in [4.78, 5) is 17.0. The number of alkyl halides is 3. The molecule has 9 nitrogen and oxygen atoms in total. The Morgan fingerprint density at radius 3 is 2.26 bits per heavy atom. The zero-order valence-electron chi connectivity index (χ0n) is 19.4. The summed E-state index contributed by atoms with van der Waals surface area (Å²) in [5, 5.41) is 6.28. The number of carbonyl (C=O) groups is 1. The van der Waals surface area contributed by atoms with Crippen LogP contribution in [0.15, 0.2) is 65.6 Å². The quantitative estimate of drug-likeness (QED) is 0.380. The molecular weight excluding hydrogens is 530 g/mol.